The minimum atomic E-state index is 0.255. The molecule has 0 bridgehead atoms. The van der Waals surface area contributed by atoms with Gasteiger partial charge in [0.25, 0.3) is 0 Å². The number of benzene rings is 2. The van der Waals surface area contributed by atoms with Crippen LogP contribution in [0.4, 0.5) is 0 Å². The second-order valence-electron chi connectivity index (χ2n) is 5.32. The lowest BCUT2D eigenvalue weighted by Crippen LogP contribution is -2.09. The van der Waals surface area contributed by atoms with Crippen LogP contribution < -0.4 is 0 Å². The number of thiol groups is 1. The van der Waals surface area contributed by atoms with E-state index in [1.54, 1.807) is 0 Å². The van der Waals surface area contributed by atoms with Gasteiger partial charge < -0.3 is 4.57 Å². The normalized spacial score (nSPS) is 12.7. The van der Waals surface area contributed by atoms with Crippen molar-refractivity contribution in [2.75, 3.05) is 0 Å². The van der Waals surface area contributed by atoms with Crippen LogP contribution in [-0.2, 0) is 12.2 Å². The molecule has 3 heteroatoms. The van der Waals surface area contributed by atoms with Gasteiger partial charge >= 0.3 is 0 Å². The van der Waals surface area contributed by atoms with Crippen LogP contribution in [0.15, 0.2) is 48.5 Å². The molecule has 1 atom stereocenters. The Bertz CT molecular complexity index is 747. The Morgan fingerprint density at radius 3 is 2.57 bits per heavy atom. The van der Waals surface area contributed by atoms with Gasteiger partial charge in [0.05, 0.1) is 17.1 Å². The monoisotopic (exact) mass is 296 g/mol. The molecule has 3 aromatic rings. The molecule has 1 heterocycles. The molecule has 0 fully saturated rings. The Morgan fingerprint density at radius 2 is 1.90 bits per heavy atom. The molecule has 0 aliphatic carbocycles. The molecule has 2 nitrogen and oxygen atoms in total. The van der Waals surface area contributed by atoms with Crippen molar-refractivity contribution in [3.63, 3.8) is 0 Å². The van der Waals surface area contributed by atoms with Gasteiger partial charge in [-0.05, 0) is 36.6 Å². The maximum atomic E-state index is 4.77. The van der Waals surface area contributed by atoms with Gasteiger partial charge in [-0.25, -0.2) is 4.98 Å². The molecule has 108 valence electrons. The van der Waals surface area contributed by atoms with Gasteiger partial charge in [0.2, 0.25) is 0 Å². The van der Waals surface area contributed by atoms with Gasteiger partial charge in [0.1, 0.15) is 5.82 Å². The Labute approximate surface area is 131 Å². The summed E-state index contributed by atoms with van der Waals surface area (Å²) in [5.41, 5.74) is 4.87. The molecule has 0 saturated carbocycles. The van der Waals surface area contributed by atoms with E-state index in [1.807, 2.05) is 0 Å². The van der Waals surface area contributed by atoms with Gasteiger partial charge in [0, 0.05) is 5.75 Å². The molecule has 0 saturated heterocycles. The summed E-state index contributed by atoms with van der Waals surface area (Å²) in [4.78, 5) is 4.77. The fourth-order valence-corrected chi connectivity index (χ4v) is 3.06. The predicted octanol–water partition coefficient (Wildman–Crippen LogP) is 4.64. The first-order valence-corrected chi connectivity index (χ1v) is 8.03. The van der Waals surface area contributed by atoms with E-state index in [0.717, 1.165) is 17.8 Å². The van der Waals surface area contributed by atoms with Crippen LogP contribution in [0.1, 0.15) is 36.8 Å². The molecule has 0 amide bonds. The van der Waals surface area contributed by atoms with Crippen LogP contribution >= 0.6 is 12.6 Å². The summed E-state index contributed by atoms with van der Waals surface area (Å²) >= 11 is 4.46. The lowest BCUT2D eigenvalue weighted by Gasteiger charge is -2.17. The third kappa shape index (κ3) is 2.58. The van der Waals surface area contributed by atoms with E-state index >= 15 is 0 Å². The number of fused-ring (bicyclic) bond motifs is 1. The number of imidazole rings is 1. The first-order chi connectivity index (χ1) is 10.2. The molecule has 0 aliphatic rings. The second-order valence-corrected chi connectivity index (χ2v) is 5.64. The highest BCUT2D eigenvalue weighted by molar-refractivity contribution is 7.79. The molecular formula is C18H20N2S. The minimum Gasteiger partial charge on any atom is -0.320 e. The molecular weight excluding hydrogens is 276 g/mol. The highest BCUT2D eigenvalue weighted by Gasteiger charge is 2.16. The molecule has 0 radical (unpaired) electrons. The molecule has 0 N–H and O–H groups in total. The third-order valence-corrected chi connectivity index (χ3v) is 4.33. The quantitative estimate of drug-likeness (QED) is 0.695. The first-order valence-electron chi connectivity index (χ1n) is 7.40. The zero-order chi connectivity index (χ0) is 14.8. The summed E-state index contributed by atoms with van der Waals surface area (Å²) in [6, 6.07) is 17.4. The van der Waals surface area contributed by atoms with Gasteiger partial charge in [0.15, 0.2) is 0 Å². The predicted molar refractivity (Wildman–Crippen MR) is 92.1 cm³/mol. The standard InChI is InChI=1S/C18H20N2S/c1-3-14-9-10-17-16(11-14)19-18(12-21)20(17)13(2)15-7-5-4-6-8-15/h4-11,13,21H,3,12H2,1-2H3. The largest absolute Gasteiger partial charge is 0.320 e. The van der Waals surface area contributed by atoms with E-state index in [9.17, 15) is 0 Å². The lowest BCUT2D eigenvalue weighted by molar-refractivity contribution is 0.635. The Balaban J connectivity index is 2.16. The highest BCUT2D eigenvalue weighted by Crippen LogP contribution is 2.27. The molecule has 1 aromatic heterocycles. The van der Waals surface area contributed by atoms with Crippen LogP contribution in [-0.4, -0.2) is 9.55 Å². The minimum absolute atomic E-state index is 0.255. The SMILES string of the molecule is CCc1ccc2c(c1)nc(CS)n2C(C)c1ccccc1. The Kier molecular flexibility index (Phi) is 4.02. The number of hydrogen-bond donors (Lipinski definition) is 1. The molecule has 0 aliphatic heterocycles. The van der Waals surface area contributed by atoms with E-state index in [4.69, 9.17) is 4.98 Å². The zero-order valence-electron chi connectivity index (χ0n) is 12.5. The van der Waals surface area contributed by atoms with Crippen molar-refractivity contribution in [3.05, 3.63) is 65.5 Å². The van der Waals surface area contributed by atoms with Crippen LogP contribution in [0.25, 0.3) is 11.0 Å². The number of aromatic nitrogens is 2. The zero-order valence-corrected chi connectivity index (χ0v) is 13.3. The van der Waals surface area contributed by atoms with Crippen LogP contribution in [0.5, 0.6) is 0 Å². The Hall–Kier alpha value is -1.74. The fraction of sp³-hybridized carbons (Fsp3) is 0.278. The Morgan fingerprint density at radius 1 is 1.14 bits per heavy atom. The van der Waals surface area contributed by atoms with Gasteiger partial charge in [-0.3, -0.25) is 0 Å². The summed E-state index contributed by atoms with van der Waals surface area (Å²) in [5.74, 6) is 1.67. The molecule has 21 heavy (non-hydrogen) atoms. The average Bonchev–Trinajstić information content (AvgIpc) is 2.92. The van der Waals surface area contributed by atoms with Crippen molar-refractivity contribution in [3.8, 4) is 0 Å². The average molecular weight is 296 g/mol. The summed E-state index contributed by atoms with van der Waals surface area (Å²) < 4.78 is 2.30. The number of hydrogen-bond acceptors (Lipinski definition) is 2. The first kappa shape index (κ1) is 14.2. The van der Waals surface area contributed by atoms with Crippen molar-refractivity contribution < 1.29 is 0 Å². The van der Waals surface area contributed by atoms with Crippen molar-refractivity contribution in [1.29, 1.82) is 0 Å². The molecule has 3 rings (SSSR count). The lowest BCUT2D eigenvalue weighted by atomic mass is 10.1. The summed E-state index contributed by atoms with van der Waals surface area (Å²) in [5, 5.41) is 0. The van der Waals surface area contributed by atoms with Gasteiger partial charge in [-0.15, -0.1) is 0 Å². The second kappa shape index (κ2) is 5.94. The maximum absolute atomic E-state index is 4.77. The fourth-order valence-electron chi connectivity index (χ4n) is 2.84. The molecule has 1 unspecified atom stereocenters. The van der Waals surface area contributed by atoms with Gasteiger partial charge in [-0.1, -0.05) is 43.3 Å². The van der Waals surface area contributed by atoms with Crippen molar-refractivity contribution in [2.45, 2.75) is 32.1 Å². The van der Waals surface area contributed by atoms with Crippen molar-refractivity contribution in [2.24, 2.45) is 0 Å². The van der Waals surface area contributed by atoms with Gasteiger partial charge in [-0.2, -0.15) is 12.6 Å². The molecule has 0 spiro atoms. The van der Waals surface area contributed by atoms with Crippen molar-refractivity contribution in [1.82, 2.24) is 9.55 Å². The van der Waals surface area contributed by atoms with E-state index in [0.29, 0.717) is 5.75 Å². The summed E-state index contributed by atoms with van der Waals surface area (Å²) in [6.07, 6.45) is 1.03. The topological polar surface area (TPSA) is 17.8 Å². The van der Waals surface area contributed by atoms with E-state index < -0.39 is 0 Å². The van der Waals surface area contributed by atoms with Crippen LogP contribution in [0.2, 0.25) is 0 Å². The molecule has 2 aromatic carbocycles. The smallest absolute Gasteiger partial charge is 0.120 e. The number of nitrogens with zero attached hydrogens (tertiary/aromatic N) is 2. The number of rotatable bonds is 4. The van der Waals surface area contributed by atoms with E-state index in [-0.39, 0.29) is 6.04 Å². The van der Waals surface area contributed by atoms with Crippen molar-refractivity contribution >= 4 is 23.7 Å². The maximum Gasteiger partial charge on any atom is 0.120 e. The summed E-state index contributed by atoms with van der Waals surface area (Å²) in [7, 11) is 0. The van der Waals surface area contributed by atoms with Crippen LogP contribution in [0.3, 0.4) is 0 Å². The van der Waals surface area contributed by atoms with E-state index in [2.05, 4.69) is 79.6 Å². The number of aryl methyl sites for hydroxylation is 1. The van der Waals surface area contributed by atoms with E-state index in [1.165, 1.54) is 16.6 Å². The summed E-state index contributed by atoms with van der Waals surface area (Å²) in [6.45, 7) is 4.39. The third-order valence-electron chi connectivity index (χ3n) is 4.05. The highest BCUT2D eigenvalue weighted by atomic mass is 32.1. The van der Waals surface area contributed by atoms with Crippen LogP contribution in [0, 0.1) is 0 Å².